The van der Waals surface area contributed by atoms with E-state index in [0.717, 1.165) is 0 Å². The van der Waals surface area contributed by atoms with Crippen molar-refractivity contribution < 1.29 is 23.5 Å². The molecule has 2 unspecified atom stereocenters. The number of aliphatic hydroxyl groups is 1. The number of rotatable bonds is 2. The van der Waals surface area contributed by atoms with Crippen molar-refractivity contribution in [2.24, 2.45) is 28.6 Å². The first-order chi connectivity index (χ1) is 13.0. The van der Waals surface area contributed by atoms with Crippen molar-refractivity contribution in [1.82, 2.24) is 0 Å². The summed E-state index contributed by atoms with van der Waals surface area (Å²) in [6.07, 6.45) is 6.98. The van der Waals surface area contributed by atoms with E-state index >= 15 is 4.39 Å². The fraction of sp³-hybridized carbons (Fsp3) is 0.636. The fourth-order valence-electron chi connectivity index (χ4n) is 6.64. The van der Waals surface area contributed by atoms with Crippen LogP contribution in [0.3, 0.4) is 0 Å². The Morgan fingerprint density at radius 2 is 2.04 bits per heavy atom. The van der Waals surface area contributed by atoms with Crippen LogP contribution < -0.4 is 0 Å². The molecule has 0 aromatic heterocycles. The van der Waals surface area contributed by atoms with Crippen LogP contribution >= 0.6 is 11.6 Å². The van der Waals surface area contributed by atoms with Crippen LogP contribution in [0.4, 0.5) is 8.78 Å². The fourth-order valence-corrected chi connectivity index (χ4v) is 7.12. The maximum Gasteiger partial charge on any atom is 0.196 e. The third-order valence-corrected chi connectivity index (χ3v) is 9.17. The third kappa shape index (κ3) is 2.02. The van der Waals surface area contributed by atoms with Gasteiger partial charge in [0.05, 0.1) is 4.87 Å². The largest absolute Gasteiger partial charge is 0.381 e. The lowest BCUT2D eigenvalue weighted by Crippen LogP contribution is -2.67. The monoisotopic (exact) mass is 410 g/mol. The first-order valence-corrected chi connectivity index (χ1v) is 10.1. The summed E-state index contributed by atoms with van der Waals surface area (Å²) >= 11 is 7.10. The Labute approximate surface area is 168 Å². The van der Waals surface area contributed by atoms with Crippen LogP contribution in [0.25, 0.3) is 0 Å². The van der Waals surface area contributed by atoms with E-state index in [0.29, 0.717) is 12.0 Å². The van der Waals surface area contributed by atoms with Gasteiger partial charge in [-0.2, -0.15) is 0 Å². The first kappa shape index (κ1) is 20.0. The van der Waals surface area contributed by atoms with Gasteiger partial charge in [-0.25, -0.2) is 8.78 Å². The first-order valence-electron chi connectivity index (χ1n) is 9.75. The molecule has 0 amide bonds. The Balaban J connectivity index is 1.88. The van der Waals surface area contributed by atoms with Gasteiger partial charge in [0.15, 0.2) is 18.2 Å². The lowest BCUT2D eigenvalue weighted by molar-refractivity contribution is -0.169. The topological polar surface area (TPSA) is 54.4 Å². The van der Waals surface area contributed by atoms with E-state index in [9.17, 15) is 19.1 Å². The van der Waals surface area contributed by atoms with Crippen molar-refractivity contribution in [3.63, 3.8) is 0 Å². The van der Waals surface area contributed by atoms with Crippen LogP contribution in [-0.2, 0) is 9.59 Å². The minimum absolute atomic E-state index is 0.136. The van der Waals surface area contributed by atoms with Gasteiger partial charge >= 0.3 is 0 Å². The molecule has 2 saturated carbocycles. The summed E-state index contributed by atoms with van der Waals surface area (Å²) in [4.78, 5) is 22.9. The number of Topliss-reactive ketones (excluding diaryl/α,β-unsaturated/α-hetero) is 1. The molecule has 0 aliphatic heterocycles. The highest BCUT2D eigenvalue weighted by Gasteiger charge is 2.74. The molecule has 0 aromatic rings. The van der Waals surface area contributed by atoms with Gasteiger partial charge in [-0.15, -0.1) is 11.6 Å². The third-order valence-electron chi connectivity index (χ3n) is 8.29. The smallest absolute Gasteiger partial charge is 0.196 e. The molecule has 152 valence electrons. The van der Waals surface area contributed by atoms with Gasteiger partial charge in [0, 0.05) is 16.7 Å². The molecule has 0 radical (unpaired) electrons. The van der Waals surface area contributed by atoms with Crippen LogP contribution in [-0.4, -0.2) is 40.0 Å². The molecule has 0 spiro atoms. The second-order valence-electron chi connectivity index (χ2n) is 9.35. The van der Waals surface area contributed by atoms with E-state index in [1.54, 1.807) is 19.9 Å². The van der Waals surface area contributed by atoms with Gasteiger partial charge in [-0.05, 0) is 42.4 Å². The van der Waals surface area contributed by atoms with Crippen molar-refractivity contribution in [3.05, 3.63) is 36.0 Å². The molecule has 4 aliphatic carbocycles. The van der Waals surface area contributed by atoms with Crippen LogP contribution in [0.1, 0.15) is 33.6 Å². The Morgan fingerprint density at radius 1 is 1.36 bits per heavy atom. The summed E-state index contributed by atoms with van der Waals surface area (Å²) in [5.41, 5.74) is -3.26. The summed E-state index contributed by atoms with van der Waals surface area (Å²) < 4.78 is 29.2. The minimum Gasteiger partial charge on any atom is -0.381 e. The second kappa shape index (κ2) is 5.85. The van der Waals surface area contributed by atoms with Crippen LogP contribution in [0.2, 0.25) is 0 Å². The Morgan fingerprint density at radius 3 is 2.68 bits per heavy atom. The Hall–Kier alpha value is -1.33. The Bertz CT molecular complexity index is 851. The number of carbonyl (C=O) groups is 2. The van der Waals surface area contributed by atoms with Gasteiger partial charge in [0.25, 0.3) is 0 Å². The number of allylic oxidation sites excluding steroid dienone is 6. The standard InChI is InChI=1S/C22H25ClF2O3/c1-12-8-16-15-5-4-13-9-14(26)6-7-19(13,2)21(15,23)17(25)10-20(16,3)22(12,28)18(27)11-24/h4-7,9,12,15-17,28H,8,10-11H2,1-3H3/t12?,15-,16-,17?,19-,20-,21-,22-/m0/s1. The molecule has 0 bridgehead atoms. The maximum atomic E-state index is 15.9. The lowest BCUT2D eigenvalue weighted by Gasteiger charge is -2.61. The zero-order chi connectivity index (χ0) is 20.7. The number of carbonyl (C=O) groups excluding carboxylic acids is 2. The Kier molecular flexibility index (Phi) is 4.17. The molecule has 0 saturated heterocycles. The van der Waals surface area contributed by atoms with Crippen molar-refractivity contribution >= 4 is 23.2 Å². The van der Waals surface area contributed by atoms with E-state index in [4.69, 9.17) is 11.6 Å². The lowest BCUT2D eigenvalue weighted by atomic mass is 9.47. The quantitative estimate of drug-likeness (QED) is 0.702. The van der Waals surface area contributed by atoms with Gasteiger partial charge in [-0.3, -0.25) is 9.59 Å². The molecule has 2 fully saturated rings. The maximum absolute atomic E-state index is 15.9. The van der Waals surface area contributed by atoms with Crippen molar-refractivity contribution in [1.29, 1.82) is 0 Å². The van der Waals surface area contributed by atoms with Gasteiger partial charge in [-0.1, -0.05) is 39.0 Å². The molecule has 1 N–H and O–H groups in total. The average molecular weight is 411 g/mol. The van der Waals surface area contributed by atoms with Crippen molar-refractivity contribution in [2.45, 2.75) is 50.3 Å². The van der Waals surface area contributed by atoms with E-state index in [1.807, 2.05) is 19.1 Å². The van der Waals surface area contributed by atoms with Crippen LogP contribution in [0.15, 0.2) is 36.0 Å². The zero-order valence-electron chi connectivity index (χ0n) is 16.2. The highest BCUT2D eigenvalue weighted by atomic mass is 35.5. The van der Waals surface area contributed by atoms with E-state index in [2.05, 4.69) is 0 Å². The molecule has 28 heavy (non-hydrogen) atoms. The number of alkyl halides is 3. The molecule has 0 heterocycles. The van der Waals surface area contributed by atoms with E-state index < -0.39 is 51.8 Å². The summed E-state index contributed by atoms with van der Waals surface area (Å²) in [6.45, 7) is 3.97. The normalized spacial score (nSPS) is 52.0. The zero-order valence-corrected chi connectivity index (χ0v) is 17.0. The predicted octanol–water partition coefficient (Wildman–Crippen LogP) is 3.90. The van der Waals surface area contributed by atoms with Crippen LogP contribution in [0, 0.1) is 28.6 Å². The number of ketones is 2. The molecule has 0 aromatic carbocycles. The summed E-state index contributed by atoms with van der Waals surface area (Å²) in [5.74, 6) is -2.29. The molecule has 4 aliphatic rings. The number of hydrogen-bond donors (Lipinski definition) is 1. The van der Waals surface area contributed by atoms with Crippen molar-refractivity contribution in [3.8, 4) is 0 Å². The average Bonchev–Trinajstić information content (AvgIpc) is 2.84. The van der Waals surface area contributed by atoms with Gasteiger partial charge < -0.3 is 5.11 Å². The summed E-state index contributed by atoms with van der Waals surface area (Å²) in [5, 5.41) is 11.3. The highest BCUT2D eigenvalue weighted by Crippen LogP contribution is 2.70. The second-order valence-corrected chi connectivity index (χ2v) is 9.97. The summed E-state index contributed by atoms with van der Waals surface area (Å²) in [6, 6.07) is 0. The predicted molar refractivity (Wildman–Crippen MR) is 102 cm³/mol. The summed E-state index contributed by atoms with van der Waals surface area (Å²) in [7, 11) is 0. The molecular formula is C22H25ClF2O3. The van der Waals surface area contributed by atoms with Gasteiger partial charge in [0.1, 0.15) is 11.8 Å². The molecular weight excluding hydrogens is 386 g/mol. The van der Waals surface area contributed by atoms with E-state index in [-0.39, 0.29) is 18.1 Å². The highest BCUT2D eigenvalue weighted by molar-refractivity contribution is 6.26. The van der Waals surface area contributed by atoms with Crippen molar-refractivity contribution in [2.75, 3.05) is 6.67 Å². The molecule has 6 heteroatoms. The molecule has 4 rings (SSSR count). The molecule has 3 nitrogen and oxygen atoms in total. The van der Waals surface area contributed by atoms with E-state index in [1.165, 1.54) is 12.2 Å². The number of halogens is 3. The number of fused-ring (bicyclic) bond motifs is 5. The minimum atomic E-state index is -1.92. The SMILES string of the molecule is CC1C[C@H]2[C@@H]3C=CC4=CC(=O)C=C[C@]4(C)[C@@]3(Cl)C(F)C[C@]2(C)[C@@]1(O)C(=O)CF. The van der Waals surface area contributed by atoms with Gasteiger partial charge in [0.2, 0.25) is 0 Å². The van der Waals surface area contributed by atoms with Crippen LogP contribution in [0.5, 0.6) is 0 Å². The molecule has 8 atom stereocenters. The number of hydrogen-bond acceptors (Lipinski definition) is 3.